The molecule has 0 saturated carbocycles. The largest absolute Gasteiger partial charge is 0.461 e. The fourth-order valence-corrected chi connectivity index (χ4v) is 4.37. The van der Waals surface area contributed by atoms with Crippen molar-refractivity contribution in [1.82, 2.24) is 9.97 Å². The van der Waals surface area contributed by atoms with Gasteiger partial charge in [-0.3, -0.25) is 4.79 Å². The van der Waals surface area contributed by atoms with Crippen LogP contribution in [0.5, 0.6) is 0 Å². The van der Waals surface area contributed by atoms with E-state index in [-0.39, 0.29) is 12.6 Å². The van der Waals surface area contributed by atoms with Gasteiger partial charge in [0, 0.05) is 29.1 Å². The van der Waals surface area contributed by atoms with Gasteiger partial charge in [0.2, 0.25) is 0 Å². The molecule has 0 aliphatic rings. The van der Waals surface area contributed by atoms with Crippen LogP contribution in [-0.2, 0) is 29.0 Å². The normalized spacial score (nSPS) is 10.9. The van der Waals surface area contributed by atoms with E-state index in [4.69, 9.17) is 21.3 Å². The molecule has 146 valence electrons. The van der Waals surface area contributed by atoms with E-state index in [2.05, 4.69) is 33.9 Å². The van der Waals surface area contributed by atoms with E-state index in [0.29, 0.717) is 12.2 Å². The molecule has 0 saturated heterocycles. The molecule has 0 atom stereocenters. The number of halogens is 2. The van der Waals surface area contributed by atoms with Crippen molar-refractivity contribution in [2.45, 2.75) is 40.2 Å². The standard InChI is InChI=1S/C21H20BrClN2O2S/c1-4-16-12(2)24-21(19-7-8-20(23)28-19)25-18(16)10-14-5-6-17(22)15(9-14)11-27-13(3)26/h5-9H,4,10-11H2,1-3H3. The summed E-state index contributed by atoms with van der Waals surface area (Å²) < 4.78 is 6.79. The second-order valence-corrected chi connectivity index (χ2v) is 8.97. The maximum absolute atomic E-state index is 11.1. The SMILES string of the molecule is CCc1c(C)nc(-c2ccc(Cl)s2)nc1Cc1ccc(Br)c(COC(C)=O)c1. The van der Waals surface area contributed by atoms with Crippen LogP contribution < -0.4 is 0 Å². The molecule has 7 heteroatoms. The predicted octanol–water partition coefficient (Wildman–Crippen LogP) is 6.15. The first kappa shape index (κ1) is 21.0. The highest BCUT2D eigenvalue weighted by atomic mass is 79.9. The van der Waals surface area contributed by atoms with Gasteiger partial charge in [-0.1, -0.05) is 46.6 Å². The van der Waals surface area contributed by atoms with E-state index in [9.17, 15) is 4.79 Å². The van der Waals surface area contributed by atoms with Crippen LogP contribution in [0, 0.1) is 6.92 Å². The minimum atomic E-state index is -0.295. The molecule has 3 aromatic rings. The Morgan fingerprint density at radius 2 is 2.04 bits per heavy atom. The van der Waals surface area contributed by atoms with Crippen LogP contribution in [0.2, 0.25) is 4.34 Å². The summed E-state index contributed by atoms with van der Waals surface area (Å²) in [6.45, 7) is 5.79. The summed E-state index contributed by atoms with van der Waals surface area (Å²) in [4.78, 5) is 21.6. The Morgan fingerprint density at radius 1 is 1.25 bits per heavy atom. The van der Waals surface area contributed by atoms with Crippen LogP contribution in [0.15, 0.2) is 34.8 Å². The van der Waals surface area contributed by atoms with E-state index in [1.807, 2.05) is 31.2 Å². The summed E-state index contributed by atoms with van der Waals surface area (Å²) >= 11 is 11.1. The number of rotatable bonds is 6. The van der Waals surface area contributed by atoms with E-state index >= 15 is 0 Å². The topological polar surface area (TPSA) is 52.1 Å². The molecule has 0 fully saturated rings. The molecule has 0 unspecified atom stereocenters. The zero-order valence-corrected chi connectivity index (χ0v) is 19.0. The van der Waals surface area contributed by atoms with Gasteiger partial charge in [-0.05, 0) is 42.7 Å². The van der Waals surface area contributed by atoms with Crippen molar-refractivity contribution in [3.8, 4) is 10.7 Å². The molecule has 0 spiro atoms. The molecule has 0 radical (unpaired) electrons. The molecule has 0 aliphatic carbocycles. The third-order valence-electron chi connectivity index (χ3n) is 4.36. The maximum atomic E-state index is 11.1. The van der Waals surface area contributed by atoms with Gasteiger partial charge in [0.05, 0.1) is 14.9 Å². The van der Waals surface area contributed by atoms with Gasteiger partial charge in [0.1, 0.15) is 6.61 Å². The molecule has 0 amide bonds. The molecule has 0 aliphatic heterocycles. The fraction of sp³-hybridized carbons (Fsp3) is 0.286. The molecule has 0 bridgehead atoms. The molecule has 28 heavy (non-hydrogen) atoms. The molecule has 1 aromatic carbocycles. The summed E-state index contributed by atoms with van der Waals surface area (Å²) in [5.41, 5.74) is 5.20. The van der Waals surface area contributed by atoms with Gasteiger partial charge in [-0.2, -0.15) is 0 Å². The quantitative estimate of drug-likeness (QED) is 0.398. The van der Waals surface area contributed by atoms with Crippen molar-refractivity contribution in [1.29, 1.82) is 0 Å². The number of carbonyl (C=O) groups is 1. The van der Waals surface area contributed by atoms with Crippen LogP contribution in [0.4, 0.5) is 0 Å². The number of thiophene rings is 1. The van der Waals surface area contributed by atoms with Gasteiger partial charge in [0.25, 0.3) is 0 Å². The van der Waals surface area contributed by atoms with Crippen LogP contribution in [0.3, 0.4) is 0 Å². The molecule has 3 rings (SSSR count). The minimum absolute atomic E-state index is 0.242. The monoisotopic (exact) mass is 478 g/mol. The summed E-state index contributed by atoms with van der Waals surface area (Å²) in [5, 5.41) is 0. The van der Waals surface area contributed by atoms with Crippen molar-refractivity contribution in [2.24, 2.45) is 0 Å². The minimum Gasteiger partial charge on any atom is -0.461 e. The van der Waals surface area contributed by atoms with E-state index < -0.39 is 0 Å². The zero-order valence-electron chi connectivity index (χ0n) is 15.9. The van der Waals surface area contributed by atoms with E-state index in [0.717, 1.165) is 48.2 Å². The number of aryl methyl sites for hydroxylation is 1. The Labute approximate surface area is 182 Å². The summed E-state index contributed by atoms with van der Waals surface area (Å²) in [5.74, 6) is 0.412. The first-order valence-electron chi connectivity index (χ1n) is 8.90. The average molecular weight is 480 g/mol. The van der Waals surface area contributed by atoms with Gasteiger partial charge in [-0.15, -0.1) is 11.3 Å². The Balaban J connectivity index is 1.96. The molecule has 0 N–H and O–H groups in total. The third kappa shape index (κ3) is 4.99. The van der Waals surface area contributed by atoms with Crippen LogP contribution in [0.25, 0.3) is 10.7 Å². The summed E-state index contributed by atoms with van der Waals surface area (Å²) in [6, 6.07) is 9.90. The zero-order chi connectivity index (χ0) is 20.3. The van der Waals surface area contributed by atoms with Crippen LogP contribution in [0.1, 0.15) is 41.9 Å². The average Bonchev–Trinajstić information content (AvgIpc) is 3.08. The van der Waals surface area contributed by atoms with Crippen molar-refractivity contribution in [3.05, 3.63) is 67.2 Å². The van der Waals surface area contributed by atoms with Gasteiger partial charge >= 0.3 is 5.97 Å². The number of esters is 1. The lowest BCUT2D eigenvalue weighted by Gasteiger charge is -2.13. The first-order valence-corrected chi connectivity index (χ1v) is 10.9. The fourth-order valence-electron chi connectivity index (χ4n) is 3.03. The summed E-state index contributed by atoms with van der Waals surface area (Å²) in [7, 11) is 0. The van der Waals surface area contributed by atoms with Gasteiger partial charge in [-0.25, -0.2) is 9.97 Å². The van der Waals surface area contributed by atoms with Crippen molar-refractivity contribution < 1.29 is 9.53 Å². The smallest absolute Gasteiger partial charge is 0.302 e. The number of hydrogen-bond donors (Lipinski definition) is 0. The lowest BCUT2D eigenvalue weighted by atomic mass is 10.0. The number of aromatic nitrogens is 2. The number of nitrogens with zero attached hydrogens (tertiary/aromatic N) is 2. The Bertz CT molecular complexity index is 1020. The maximum Gasteiger partial charge on any atom is 0.302 e. The second kappa shape index (κ2) is 9.16. The molecule has 2 heterocycles. The lowest BCUT2D eigenvalue weighted by Crippen LogP contribution is -2.06. The molecular weight excluding hydrogens is 460 g/mol. The van der Waals surface area contributed by atoms with Gasteiger partial charge < -0.3 is 4.74 Å². The second-order valence-electron chi connectivity index (χ2n) is 6.40. The number of benzene rings is 1. The number of carbonyl (C=O) groups excluding carboxylic acids is 1. The van der Waals surface area contributed by atoms with Crippen molar-refractivity contribution in [2.75, 3.05) is 0 Å². The first-order chi connectivity index (χ1) is 13.4. The lowest BCUT2D eigenvalue weighted by molar-refractivity contribution is -0.142. The van der Waals surface area contributed by atoms with Gasteiger partial charge in [0.15, 0.2) is 5.82 Å². The predicted molar refractivity (Wildman–Crippen MR) is 117 cm³/mol. The highest BCUT2D eigenvalue weighted by molar-refractivity contribution is 9.10. The number of ether oxygens (including phenoxy) is 1. The van der Waals surface area contributed by atoms with Crippen molar-refractivity contribution in [3.63, 3.8) is 0 Å². The molecule has 4 nitrogen and oxygen atoms in total. The highest BCUT2D eigenvalue weighted by Crippen LogP contribution is 2.30. The molecular formula is C21H20BrClN2O2S. The van der Waals surface area contributed by atoms with E-state index in [1.165, 1.54) is 18.3 Å². The Morgan fingerprint density at radius 3 is 2.68 bits per heavy atom. The van der Waals surface area contributed by atoms with Crippen molar-refractivity contribution >= 4 is 44.8 Å². The van der Waals surface area contributed by atoms with Crippen LogP contribution in [-0.4, -0.2) is 15.9 Å². The highest BCUT2D eigenvalue weighted by Gasteiger charge is 2.14. The molecule has 2 aromatic heterocycles. The van der Waals surface area contributed by atoms with E-state index in [1.54, 1.807) is 0 Å². The van der Waals surface area contributed by atoms with Crippen LogP contribution >= 0.6 is 38.9 Å². The third-order valence-corrected chi connectivity index (χ3v) is 6.36. The summed E-state index contributed by atoms with van der Waals surface area (Å²) in [6.07, 6.45) is 1.54. The Hall–Kier alpha value is -1.76. The number of hydrogen-bond acceptors (Lipinski definition) is 5. The Kier molecular flexibility index (Phi) is 6.86.